The monoisotopic (exact) mass is 460 g/mol. The summed E-state index contributed by atoms with van der Waals surface area (Å²) in [4.78, 5) is 20.5. The maximum Gasteiger partial charge on any atom is 0.0728 e. The molecule has 0 N–H and O–H groups in total. The van der Waals surface area contributed by atoms with E-state index in [1.807, 2.05) is 0 Å². The molecule has 1 unspecified atom stereocenters. The molecule has 176 valence electrons. The van der Waals surface area contributed by atoms with E-state index in [1.165, 1.54) is 44.6 Å². The van der Waals surface area contributed by atoms with Crippen molar-refractivity contribution in [1.29, 1.82) is 0 Å². The molecule has 0 aromatic carbocycles. The van der Waals surface area contributed by atoms with Gasteiger partial charge < -0.3 is 0 Å². The van der Waals surface area contributed by atoms with Crippen LogP contribution in [0, 0.1) is 5.92 Å². The van der Waals surface area contributed by atoms with Crippen LogP contribution in [0.5, 0.6) is 0 Å². The first-order valence-corrected chi connectivity index (χ1v) is 12.8. The summed E-state index contributed by atoms with van der Waals surface area (Å²) in [6.45, 7) is 15.4. The van der Waals surface area contributed by atoms with Crippen molar-refractivity contribution in [2.75, 3.05) is 0 Å². The highest BCUT2D eigenvalue weighted by molar-refractivity contribution is 6.20. The fourth-order valence-corrected chi connectivity index (χ4v) is 5.88. The first-order chi connectivity index (χ1) is 16.8. The number of fused-ring (bicyclic) bond motifs is 4. The van der Waals surface area contributed by atoms with Crippen molar-refractivity contribution >= 4 is 22.8 Å². The molecule has 1 aliphatic carbocycles. The molecule has 0 amide bonds. The Morgan fingerprint density at radius 2 is 1.31 bits per heavy atom. The van der Waals surface area contributed by atoms with Gasteiger partial charge in [0.15, 0.2) is 0 Å². The fraction of sp³-hybridized carbons (Fsp3) is 0.355. The van der Waals surface area contributed by atoms with Gasteiger partial charge in [0.25, 0.3) is 0 Å². The lowest BCUT2D eigenvalue weighted by Crippen LogP contribution is -2.16. The maximum atomic E-state index is 5.21. The lowest BCUT2D eigenvalue weighted by Gasteiger charge is -2.24. The van der Waals surface area contributed by atoms with E-state index in [1.54, 1.807) is 0 Å². The van der Waals surface area contributed by atoms with Gasteiger partial charge in [0.1, 0.15) is 0 Å². The molecule has 8 bridgehead atoms. The van der Waals surface area contributed by atoms with Gasteiger partial charge in [0, 0.05) is 5.57 Å². The number of hydrogen-bond acceptors (Lipinski definition) is 4. The van der Waals surface area contributed by atoms with Crippen LogP contribution < -0.4 is 0 Å². The SMILES string of the molecule is CCC1=C(C)C2=CC3=NC(=CC4=NC5=C(C6=NC(=CC1=N2)C(C)=C6)C(C)CCC5=C4C)C(C)=C3C. The Balaban J connectivity index is 1.65. The van der Waals surface area contributed by atoms with Gasteiger partial charge in [-0.05, 0) is 123 Å². The molecule has 5 aliphatic heterocycles. The summed E-state index contributed by atoms with van der Waals surface area (Å²) in [5.41, 5.74) is 18.3. The van der Waals surface area contributed by atoms with Crippen molar-refractivity contribution < 1.29 is 0 Å². The minimum atomic E-state index is 0.421. The predicted octanol–water partition coefficient (Wildman–Crippen LogP) is 7.48. The largest absolute Gasteiger partial charge is 0.248 e. The summed E-state index contributed by atoms with van der Waals surface area (Å²) in [5.74, 6) is 0.421. The Kier molecular flexibility index (Phi) is 4.93. The van der Waals surface area contributed by atoms with Crippen LogP contribution in [0.1, 0.15) is 67.7 Å². The van der Waals surface area contributed by atoms with Gasteiger partial charge in [-0.3, -0.25) is 0 Å². The summed E-state index contributed by atoms with van der Waals surface area (Å²) in [6, 6.07) is 0. The van der Waals surface area contributed by atoms with Gasteiger partial charge in [-0.2, -0.15) is 0 Å². The summed E-state index contributed by atoms with van der Waals surface area (Å²) in [7, 11) is 0. The number of allylic oxidation sites excluding steroid dienone is 12. The maximum absolute atomic E-state index is 5.21. The Bertz CT molecular complexity index is 1500. The van der Waals surface area contributed by atoms with E-state index in [0.29, 0.717) is 5.92 Å². The zero-order chi connectivity index (χ0) is 24.6. The van der Waals surface area contributed by atoms with Crippen LogP contribution >= 0.6 is 0 Å². The Morgan fingerprint density at radius 1 is 0.686 bits per heavy atom. The second kappa shape index (κ2) is 7.81. The molecule has 0 fully saturated rings. The van der Waals surface area contributed by atoms with Gasteiger partial charge in [-0.25, -0.2) is 20.0 Å². The van der Waals surface area contributed by atoms with Gasteiger partial charge in [-0.1, -0.05) is 13.8 Å². The summed E-state index contributed by atoms with van der Waals surface area (Å²) < 4.78 is 0. The number of aliphatic imine (C=N–C) groups is 4. The molecule has 0 radical (unpaired) electrons. The molecule has 4 nitrogen and oxygen atoms in total. The molecule has 6 aliphatic rings. The van der Waals surface area contributed by atoms with Crippen molar-refractivity contribution in [3.8, 4) is 0 Å². The summed E-state index contributed by atoms with van der Waals surface area (Å²) in [6.07, 6.45) is 11.9. The van der Waals surface area contributed by atoms with E-state index in [-0.39, 0.29) is 0 Å². The second-order valence-corrected chi connectivity index (χ2v) is 10.4. The van der Waals surface area contributed by atoms with Crippen LogP contribution in [0.3, 0.4) is 0 Å². The fourth-order valence-electron chi connectivity index (χ4n) is 5.88. The molecule has 0 aromatic rings. The molecule has 0 aromatic heterocycles. The van der Waals surface area contributed by atoms with Gasteiger partial charge >= 0.3 is 0 Å². The zero-order valence-corrected chi connectivity index (χ0v) is 21.8. The highest BCUT2D eigenvalue weighted by atomic mass is 14.9. The quantitative estimate of drug-likeness (QED) is 0.389. The Hall–Kier alpha value is -3.40. The van der Waals surface area contributed by atoms with E-state index in [4.69, 9.17) is 20.0 Å². The molecule has 6 rings (SSSR count). The molecular weight excluding hydrogens is 428 g/mol. The number of hydrogen-bond donors (Lipinski definition) is 0. The first-order valence-electron chi connectivity index (χ1n) is 12.8. The molecule has 35 heavy (non-hydrogen) atoms. The van der Waals surface area contributed by atoms with Crippen LogP contribution in [-0.4, -0.2) is 22.8 Å². The Labute approximate surface area is 208 Å². The molecule has 4 heteroatoms. The molecular formula is C31H32N4. The lowest BCUT2D eigenvalue weighted by atomic mass is 9.81. The number of rotatable bonds is 1. The van der Waals surface area contributed by atoms with Crippen molar-refractivity contribution in [3.05, 3.63) is 91.7 Å². The molecule has 0 spiro atoms. The average Bonchev–Trinajstić information content (AvgIpc) is 3.50. The highest BCUT2D eigenvalue weighted by Gasteiger charge is 2.33. The smallest absolute Gasteiger partial charge is 0.0728 e. The molecule has 0 saturated heterocycles. The van der Waals surface area contributed by atoms with Gasteiger partial charge in [-0.15, -0.1) is 0 Å². The lowest BCUT2D eigenvalue weighted by molar-refractivity contribution is 0.602. The van der Waals surface area contributed by atoms with Gasteiger partial charge in [0.05, 0.1) is 45.6 Å². The van der Waals surface area contributed by atoms with Crippen molar-refractivity contribution in [2.45, 2.75) is 67.7 Å². The van der Waals surface area contributed by atoms with Crippen LogP contribution in [0.25, 0.3) is 0 Å². The third kappa shape index (κ3) is 3.26. The van der Waals surface area contributed by atoms with E-state index in [2.05, 4.69) is 72.8 Å². The van der Waals surface area contributed by atoms with E-state index in [9.17, 15) is 0 Å². The minimum absolute atomic E-state index is 0.421. The normalized spacial score (nSPS) is 25.5. The van der Waals surface area contributed by atoms with Crippen LogP contribution in [0.15, 0.2) is 112 Å². The van der Waals surface area contributed by atoms with E-state index in [0.717, 1.165) is 64.9 Å². The van der Waals surface area contributed by atoms with Gasteiger partial charge in [0.2, 0.25) is 0 Å². The van der Waals surface area contributed by atoms with E-state index < -0.39 is 0 Å². The van der Waals surface area contributed by atoms with E-state index >= 15 is 0 Å². The first kappa shape index (κ1) is 22.1. The van der Waals surface area contributed by atoms with Crippen molar-refractivity contribution in [3.63, 3.8) is 0 Å². The van der Waals surface area contributed by atoms with Crippen LogP contribution in [-0.2, 0) is 0 Å². The predicted molar refractivity (Wildman–Crippen MR) is 147 cm³/mol. The summed E-state index contributed by atoms with van der Waals surface area (Å²) >= 11 is 0. The average molecular weight is 461 g/mol. The van der Waals surface area contributed by atoms with Crippen LogP contribution in [0.2, 0.25) is 0 Å². The molecule has 5 heterocycles. The van der Waals surface area contributed by atoms with Crippen molar-refractivity contribution in [2.24, 2.45) is 25.9 Å². The standard InChI is InChI=1S/C31H32N4/c1-8-21-19(6)26-13-24-17(4)18(5)25(33-24)14-27-20(7)22-10-9-15(2)30(31(22)35-27)29-11-16(3)23(32-29)12-28(21)34-26/h11-15H,8-10H2,1-7H3. The third-order valence-corrected chi connectivity index (χ3v) is 8.34. The zero-order valence-electron chi connectivity index (χ0n) is 21.8. The molecule has 0 saturated carbocycles. The highest BCUT2D eigenvalue weighted by Crippen LogP contribution is 2.43. The number of nitrogens with zero attached hydrogens (tertiary/aromatic N) is 4. The second-order valence-electron chi connectivity index (χ2n) is 10.4. The molecule has 1 atom stereocenters. The summed E-state index contributed by atoms with van der Waals surface area (Å²) in [5, 5.41) is 0. The third-order valence-electron chi connectivity index (χ3n) is 8.34. The minimum Gasteiger partial charge on any atom is -0.248 e. The Morgan fingerprint density at radius 3 is 2.06 bits per heavy atom. The van der Waals surface area contributed by atoms with Crippen molar-refractivity contribution in [1.82, 2.24) is 0 Å². The topological polar surface area (TPSA) is 49.4 Å². The van der Waals surface area contributed by atoms with Crippen LogP contribution in [0.4, 0.5) is 0 Å².